The smallest absolute Gasteiger partial charge is 0.327 e. The maximum Gasteiger partial charge on any atom is 0.327 e. The van der Waals surface area contributed by atoms with Gasteiger partial charge in [-0.2, -0.15) is 5.10 Å². The number of hydrogen-bond acceptors (Lipinski definition) is 5. The van der Waals surface area contributed by atoms with Gasteiger partial charge in [0, 0.05) is 41.6 Å². The number of H-pyrrole nitrogens is 1. The van der Waals surface area contributed by atoms with E-state index in [1.807, 2.05) is 48.2 Å². The Hall–Kier alpha value is -3.94. The molecule has 154 valence electrons. The Morgan fingerprint density at radius 3 is 3.03 bits per heavy atom. The number of benzene rings is 1. The zero-order valence-electron chi connectivity index (χ0n) is 17.0. The highest BCUT2D eigenvalue weighted by molar-refractivity contribution is 6.05. The number of fused-ring (bicyclic) bond motifs is 5. The van der Waals surface area contributed by atoms with Crippen molar-refractivity contribution in [3.05, 3.63) is 60.6 Å². The molecule has 2 aliphatic heterocycles. The Balaban J connectivity index is 1.38. The zero-order valence-corrected chi connectivity index (χ0v) is 17.0. The van der Waals surface area contributed by atoms with E-state index in [4.69, 9.17) is 4.98 Å². The van der Waals surface area contributed by atoms with Crippen LogP contribution in [0.2, 0.25) is 0 Å². The maximum atomic E-state index is 13.4. The highest BCUT2D eigenvalue weighted by Gasteiger charge is 2.40. The van der Waals surface area contributed by atoms with Gasteiger partial charge in [0.2, 0.25) is 0 Å². The van der Waals surface area contributed by atoms with Crippen molar-refractivity contribution < 1.29 is 4.79 Å². The minimum absolute atomic E-state index is 0.104. The summed E-state index contributed by atoms with van der Waals surface area (Å²) in [5.41, 5.74) is 5.45. The lowest BCUT2D eigenvalue weighted by atomic mass is 10.1. The third-order valence-corrected chi connectivity index (χ3v) is 6.05. The van der Waals surface area contributed by atoms with Gasteiger partial charge in [-0.25, -0.2) is 9.78 Å². The lowest BCUT2D eigenvalue weighted by Gasteiger charge is -2.36. The predicted molar refractivity (Wildman–Crippen MR) is 120 cm³/mol. The van der Waals surface area contributed by atoms with E-state index in [1.54, 1.807) is 12.4 Å². The SMILES string of the molecule is Cc1cc(-c2ccc3c(n2)N(C(=O)Nc2ccc4[nH]ncc4c2)C2CCN3C2)ccn1. The summed E-state index contributed by atoms with van der Waals surface area (Å²) in [4.78, 5) is 26.8. The number of rotatable bonds is 2. The van der Waals surface area contributed by atoms with E-state index < -0.39 is 0 Å². The molecule has 1 fully saturated rings. The van der Waals surface area contributed by atoms with Gasteiger partial charge in [-0.15, -0.1) is 0 Å². The highest BCUT2D eigenvalue weighted by Crippen LogP contribution is 2.40. The van der Waals surface area contributed by atoms with Crippen LogP contribution in [0.25, 0.3) is 22.2 Å². The van der Waals surface area contributed by atoms with Gasteiger partial charge in [0.15, 0.2) is 5.82 Å². The van der Waals surface area contributed by atoms with Crippen LogP contribution in [0.3, 0.4) is 0 Å². The Morgan fingerprint density at radius 2 is 2.13 bits per heavy atom. The average molecular weight is 411 g/mol. The Kier molecular flexibility index (Phi) is 3.92. The van der Waals surface area contributed by atoms with Crippen LogP contribution in [0.1, 0.15) is 12.1 Å². The summed E-state index contributed by atoms with van der Waals surface area (Å²) in [6, 6.07) is 13.7. The molecule has 1 aromatic carbocycles. The standard InChI is InChI=1S/C23H21N7O/c1-14-10-15(6-8-24-14)19-4-5-21-22(27-19)30(18-7-9-29(21)13-18)23(31)26-17-2-3-20-16(11-17)12-25-28-20/h2-6,8,10-12,18H,7,9,13H2,1H3,(H,25,28)(H,26,31). The second-order valence-corrected chi connectivity index (χ2v) is 8.09. The van der Waals surface area contributed by atoms with Crippen molar-refractivity contribution in [2.24, 2.45) is 0 Å². The summed E-state index contributed by atoms with van der Waals surface area (Å²) in [7, 11) is 0. The monoisotopic (exact) mass is 411 g/mol. The first-order valence-electron chi connectivity index (χ1n) is 10.4. The Labute approximate surface area is 178 Å². The van der Waals surface area contributed by atoms with E-state index in [0.29, 0.717) is 5.82 Å². The molecule has 2 N–H and O–H groups in total. The first-order valence-corrected chi connectivity index (χ1v) is 10.4. The molecule has 1 unspecified atom stereocenters. The van der Waals surface area contributed by atoms with Crippen molar-refractivity contribution in [3.8, 4) is 11.3 Å². The summed E-state index contributed by atoms with van der Waals surface area (Å²) in [6.07, 6.45) is 4.46. The van der Waals surface area contributed by atoms with Crippen LogP contribution in [0.15, 0.2) is 54.9 Å². The van der Waals surface area contributed by atoms with Gasteiger partial charge in [-0.1, -0.05) is 0 Å². The molecule has 1 saturated heterocycles. The van der Waals surface area contributed by atoms with E-state index in [-0.39, 0.29) is 12.1 Å². The number of pyridine rings is 2. The molecular weight excluding hydrogens is 390 g/mol. The Bertz CT molecular complexity index is 1310. The van der Waals surface area contributed by atoms with Crippen molar-refractivity contribution in [1.82, 2.24) is 20.2 Å². The van der Waals surface area contributed by atoms with E-state index >= 15 is 0 Å². The van der Waals surface area contributed by atoms with E-state index in [1.165, 1.54) is 0 Å². The number of hydrogen-bond donors (Lipinski definition) is 2. The van der Waals surface area contributed by atoms with E-state index in [2.05, 4.69) is 31.5 Å². The van der Waals surface area contributed by atoms with Crippen LogP contribution < -0.4 is 15.1 Å². The molecule has 31 heavy (non-hydrogen) atoms. The molecule has 2 amide bonds. The van der Waals surface area contributed by atoms with E-state index in [9.17, 15) is 4.79 Å². The van der Waals surface area contributed by atoms with Gasteiger partial charge in [0.25, 0.3) is 0 Å². The summed E-state index contributed by atoms with van der Waals surface area (Å²) in [5, 5.41) is 11.0. The van der Waals surface area contributed by atoms with Crippen molar-refractivity contribution in [3.63, 3.8) is 0 Å². The molecule has 1 atom stereocenters. The molecule has 2 aliphatic rings. The number of aromatic amines is 1. The number of nitrogens with zero attached hydrogens (tertiary/aromatic N) is 5. The van der Waals surface area contributed by atoms with Crippen molar-refractivity contribution >= 4 is 34.1 Å². The molecule has 4 aromatic rings. The van der Waals surface area contributed by atoms with Crippen molar-refractivity contribution in [1.29, 1.82) is 0 Å². The van der Waals surface area contributed by atoms with Gasteiger partial charge in [0.1, 0.15) is 0 Å². The molecule has 0 spiro atoms. The third-order valence-electron chi connectivity index (χ3n) is 6.05. The van der Waals surface area contributed by atoms with Crippen LogP contribution in [-0.2, 0) is 0 Å². The number of anilines is 3. The average Bonchev–Trinajstić information content (AvgIpc) is 3.41. The number of carbonyl (C=O) groups is 1. The predicted octanol–water partition coefficient (Wildman–Crippen LogP) is 3.96. The van der Waals surface area contributed by atoms with Gasteiger partial charge in [-0.3, -0.25) is 15.0 Å². The van der Waals surface area contributed by atoms with Crippen LogP contribution in [0, 0.1) is 6.92 Å². The normalized spacial score (nSPS) is 17.1. The van der Waals surface area contributed by atoms with Crippen LogP contribution >= 0.6 is 0 Å². The lowest BCUT2D eigenvalue weighted by molar-refractivity contribution is 0.255. The number of nitrogens with one attached hydrogen (secondary N) is 2. The fourth-order valence-electron chi connectivity index (χ4n) is 4.54. The van der Waals surface area contributed by atoms with Gasteiger partial charge >= 0.3 is 6.03 Å². The number of aryl methyl sites for hydroxylation is 1. The van der Waals surface area contributed by atoms with Gasteiger partial charge in [0.05, 0.1) is 29.1 Å². The summed E-state index contributed by atoms with van der Waals surface area (Å²) in [5.74, 6) is 0.711. The summed E-state index contributed by atoms with van der Waals surface area (Å²) >= 11 is 0. The van der Waals surface area contributed by atoms with Gasteiger partial charge < -0.3 is 10.2 Å². The number of carbonyl (C=O) groups excluding carboxylic acids is 1. The molecule has 5 heterocycles. The largest absolute Gasteiger partial charge is 0.366 e. The molecule has 0 aliphatic carbocycles. The molecule has 6 rings (SSSR count). The topological polar surface area (TPSA) is 90.0 Å². The van der Waals surface area contributed by atoms with Crippen LogP contribution in [0.5, 0.6) is 0 Å². The zero-order chi connectivity index (χ0) is 20.9. The van der Waals surface area contributed by atoms with Crippen LogP contribution in [-0.4, -0.2) is 45.3 Å². The van der Waals surface area contributed by atoms with Crippen molar-refractivity contribution in [2.75, 3.05) is 28.2 Å². The first-order chi connectivity index (χ1) is 15.2. The fourth-order valence-corrected chi connectivity index (χ4v) is 4.54. The minimum atomic E-state index is -0.161. The highest BCUT2D eigenvalue weighted by atomic mass is 16.2. The van der Waals surface area contributed by atoms with E-state index in [0.717, 1.165) is 58.7 Å². The lowest BCUT2D eigenvalue weighted by Crippen LogP contribution is -2.48. The van der Waals surface area contributed by atoms with Gasteiger partial charge in [-0.05, 0) is 55.8 Å². The molecule has 3 aromatic heterocycles. The summed E-state index contributed by atoms with van der Waals surface area (Å²) < 4.78 is 0. The van der Waals surface area contributed by atoms with Crippen LogP contribution in [0.4, 0.5) is 22.0 Å². The number of amides is 2. The third kappa shape index (κ3) is 2.99. The molecule has 2 bridgehead atoms. The van der Waals surface area contributed by atoms with Crippen molar-refractivity contribution in [2.45, 2.75) is 19.4 Å². The molecular formula is C23H21N7O. The first kappa shape index (κ1) is 17.9. The fraction of sp³-hybridized carbons (Fsp3) is 0.217. The second-order valence-electron chi connectivity index (χ2n) is 8.09. The minimum Gasteiger partial charge on any atom is -0.366 e. The molecule has 8 heteroatoms. The second kappa shape index (κ2) is 6.80. The Morgan fingerprint density at radius 1 is 1.19 bits per heavy atom. The summed E-state index contributed by atoms with van der Waals surface area (Å²) in [6.45, 7) is 3.72. The maximum absolute atomic E-state index is 13.4. The molecule has 8 nitrogen and oxygen atoms in total. The quantitative estimate of drug-likeness (QED) is 0.521. The number of urea groups is 1. The molecule has 0 saturated carbocycles. The number of aromatic nitrogens is 4. The molecule has 0 radical (unpaired) electrons.